The first-order chi connectivity index (χ1) is 11.0. The van der Waals surface area contributed by atoms with E-state index in [1.807, 2.05) is 25.1 Å². The van der Waals surface area contributed by atoms with E-state index in [-0.39, 0.29) is 11.9 Å². The van der Waals surface area contributed by atoms with Gasteiger partial charge in [0.1, 0.15) is 5.60 Å². The van der Waals surface area contributed by atoms with Crippen LogP contribution >= 0.6 is 0 Å². The van der Waals surface area contributed by atoms with Crippen molar-refractivity contribution in [3.05, 3.63) is 53.6 Å². The average Bonchev–Trinajstić information content (AvgIpc) is 3.24. The first-order valence-corrected chi connectivity index (χ1v) is 8.64. The minimum atomic E-state index is -0.418. The molecular weight excluding hydrogens is 284 g/mol. The first-order valence-electron chi connectivity index (χ1n) is 8.64. The summed E-state index contributed by atoms with van der Waals surface area (Å²) in [4.78, 5) is 12.2. The molecule has 1 aromatic rings. The molecule has 5 unspecified atom stereocenters. The van der Waals surface area contributed by atoms with Crippen molar-refractivity contribution in [3.63, 3.8) is 0 Å². The molecular formula is C21H26O2. The number of carbonyl (C=O) groups is 1. The minimum absolute atomic E-state index is 0.0338. The van der Waals surface area contributed by atoms with Gasteiger partial charge in [-0.3, -0.25) is 4.79 Å². The molecule has 2 fully saturated rings. The van der Waals surface area contributed by atoms with Crippen LogP contribution in [0, 0.1) is 23.7 Å². The van der Waals surface area contributed by atoms with Crippen LogP contribution in [0.4, 0.5) is 0 Å². The van der Waals surface area contributed by atoms with Gasteiger partial charge in [0.2, 0.25) is 0 Å². The van der Waals surface area contributed by atoms with E-state index in [2.05, 4.69) is 51.1 Å². The van der Waals surface area contributed by atoms with Crippen molar-refractivity contribution in [2.75, 3.05) is 0 Å². The average molecular weight is 310 g/mol. The SMILES string of the molecule is CCC1(C=C(C)C=Cc2ccccc2)OC(=O)C(C)C2C(C)C21. The Morgan fingerprint density at radius 2 is 1.96 bits per heavy atom. The number of ether oxygens (including phenoxy) is 1. The molecule has 122 valence electrons. The Bertz CT molecular complexity index is 643. The van der Waals surface area contributed by atoms with Crippen molar-refractivity contribution in [2.24, 2.45) is 23.7 Å². The Morgan fingerprint density at radius 1 is 1.26 bits per heavy atom. The van der Waals surface area contributed by atoms with Crippen LogP contribution in [0.1, 0.15) is 39.7 Å². The van der Waals surface area contributed by atoms with Gasteiger partial charge in [-0.15, -0.1) is 0 Å². The lowest BCUT2D eigenvalue weighted by Gasteiger charge is -2.36. The molecule has 0 N–H and O–H groups in total. The Morgan fingerprint density at radius 3 is 2.61 bits per heavy atom. The van der Waals surface area contributed by atoms with Gasteiger partial charge in [0.15, 0.2) is 0 Å². The van der Waals surface area contributed by atoms with Crippen LogP contribution < -0.4 is 0 Å². The summed E-state index contributed by atoms with van der Waals surface area (Å²) in [6, 6.07) is 10.3. The molecule has 0 bridgehead atoms. The molecule has 1 saturated heterocycles. The molecule has 1 aliphatic carbocycles. The summed E-state index contributed by atoms with van der Waals surface area (Å²) in [7, 11) is 0. The van der Waals surface area contributed by atoms with Gasteiger partial charge in [-0.05, 0) is 36.8 Å². The van der Waals surface area contributed by atoms with Crippen LogP contribution in [-0.4, -0.2) is 11.6 Å². The second-order valence-corrected chi connectivity index (χ2v) is 7.11. The lowest BCUT2D eigenvalue weighted by molar-refractivity contribution is -0.169. The molecule has 2 heteroatoms. The number of carbonyl (C=O) groups excluding carboxylic acids is 1. The number of esters is 1. The van der Waals surface area contributed by atoms with Crippen LogP contribution in [0.25, 0.3) is 6.08 Å². The number of fused-ring (bicyclic) bond motifs is 1. The first kappa shape index (κ1) is 16.0. The Hall–Kier alpha value is -1.83. The Kier molecular flexibility index (Phi) is 4.18. The third-order valence-corrected chi connectivity index (χ3v) is 5.61. The van der Waals surface area contributed by atoms with Crippen LogP contribution in [0.15, 0.2) is 48.1 Å². The van der Waals surface area contributed by atoms with Crippen molar-refractivity contribution >= 4 is 12.0 Å². The second-order valence-electron chi connectivity index (χ2n) is 7.11. The predicted molar refractivity (Wildman–Crippen MR) is 93.7 cm³/mol. The zero-order chi connectivity index (χ0) is 16.6. The van der Waals surface area contributed by atoms with Crippen LogP contribution in [0.3, 0.4) is 0 Å². The van der Waals surface area contributed by atoms with Crippen molar-refractivity contribution < 1.29 is 9.53 Å². The molecule has 1 aromatic carbocycles. The summed E-state index contributed by atoms with van der Waals surface area (Å²) in [5.74, 6) is 1.54. The molecule has 5 atom stereocenters. The maximum absolute atomic E-state index is 12.2. The summed E-state index contributed by atoms with van der Waals surface area (Å²) >= 11 is 0. The molecule has 0 radical (unpaired) electrons. The van der Waals surface area contributed by atoms with Crippen LogP contribution in [-0.2, 0) is 9.53 Å². The number of allylic oxidation sites excluding steroid dienone is 2. The molecule has 1 aliphatic heterocycles. The highest BCUT2D eigenvalue weighted by Gasteiger charge is 2.65. The predicted octanol–water partition coefficient (Wildman–Crippen LogP) is 4.87. The monoisotopic (exact) mass is 310 g/mol. The third-order valence-electron chi connectivity index (χ3n) is 5.61. The lowest BCUT2D eigenvalue weighted by Crippen LogP contribution is -2.42. The van der Waals surface area contributed by atoms with E-state index < -0.39 is 5.60 Å². The fourth-order valence-electron chi connectivity index (χ4n) is 4.30. The topological polar surface area (TPSA) is 26.3 Å². The highest BCUT2D eigenvalue weighted by atomic mass is 16.6. The van der Waals surface area contributed by atoms with E-state index in [0.29, 0.717) is 17.8 Å². The van der Waals surface area contributed by atoms with Gasteiger partial charge in [-0.1, -0.05) is 68.8 Å². The van der Waals surface area contributed by atoms with Crippen molar-refractivity contribution in [1.29, 1.82) is 0 Å². The molecule has 2 nitrogen and oxygen atoms in total. The maximum Gasteiger partial charge on any atom is 0.309 e. The van der Waals surface area contributed by atoms with Gasteiger partial charge in [0.05, 0.1) is 5.92 Å². The zero-order valence-corrected chi connectivity index (χ0v) is 14.5. The summed E-state index contributed by atoms with van der Waals surface area (Å²) in [6.07, 6.45) is 7.24. The van der Waals surface area contributed by atoms with Gasteiger partial charge in [0, 0.05) is 5.92 Å². The van der Waals surface area contributed by atoms with E-state index >= 15 is 0 Å². The van der Waals surface area contributed by atoms with E-state index in [1.165, 1.54) is 5.56 Å². The normalized spacial score (nSPS) is 36.7. The molecule has 1 heterocycles. The lowest BCUT2D eigenvalue weighted by atomic mass is 9.85. The second kappa shape index (κ2) is 5.99. The Labute approximate surface area is 139 Å². The van der Waals surface area contributed by atoms with Gasteiger partial charge < -0.3 is 4.74 Å². The van der Waals surface area contributed by atoms with Gasteiger partial charge in [0.25, 0.3) is 0 Å². The van der Waals surface area contributed by atoms with E-state index in [4.69, 9.17) is 4.74 Å². The highest BCUT2D eigenvalue weighted by molar-refractivity contribution is 5.75. The van der Waals surface area contributed by atoms with Crippen LogP contribution in [0.5, 0.6) is 0 Å². The summed E-state index contributed by atoms with van der Waals surface area (Å²) in [5, 5.41) is 0. The Balaban J connectivity index is 1.83. The van der Waals surface area contributed by atoms with Gasteiger partial charge in [-0.25, -0.2) is 0 Å². The largest absolute Gasteiger partial charge is 0.454 e. The molecule has 0 amide bonds. The number of benzene rings is 1. The quantitative estimate of drug-likeness (QED) is 0.586. The number of hydrogen-bond acceptors (Lipinski definition) is 2. The summed E-state index contributed by atoms with van der Waals surface area (Å²) in [5.41, 5.74) is 1.91. The van der Waals surface area contributed by atoms with E-state index in [0.717, 1.165) is 12.0 Å². The minimum Gasteiger partial charge on any atom is -0.454 e. The molecule has 0 spiro atoms. The van der Waals surface area contributed by atoms with Crippen molar-refractivity contribution in [2.45, 2.75) is 39.7 Å². The standard InChI is InChI=1S/C21H26O2/c1-5-21(19-15(3)18(19)16(4)20(22)23-21)13-14(2)11-12-17-9-7-6-8-10-17/h6-13,15-16,18-19H,5H2,1-4H3. The van der Waals surface area contributed by atoms with Crippen molar-refractivity contribution in [3.8, 4) is 0 Å². The smallest absolute Gasteiger partial charge is 0.309 e. The maximum atomic E-state index is 12.2. The van der Waals surface area contributed by atoms with Gasteiger partial charge >= 0.3 is 5.97 Å². The number of cyclic esters (lactones) is 1. The molecule has 1 saturated carbocycles. The number of hydrogen-bond donors (Lipinski definition) is 0. The summed E-state index contributed by atoms with van der Waals surface area (Å²) < 4.78 is 5.93. The highest BCUT2D eigenvalue weighted by Crippen LogP contribution is 2.62. The fourth-order valence-corrected chi connectivity index (χ4v) is 4.30. The third kappa shape index (κ3) is 2.87. The van der Waals surface area contributed by atoms with E-state index in [9.17, 15) is 4.79 Å². The fraction of sp³-hybridized carbons (Fsp3) is 0.476. The van der Waals surface area contributed by atoms with E-state index in [1.54, 1.807) is 0 Å². The summed E-state index contributed by atoms with van der Waals surface area (Å²) in [6.45, 7) is 8.47. The van der Waals surface area contributed by atoms with Crippen molar-refractivity contribution in [1.82, 2.24) is 0 Å². The molecule has 23 heavy (non-hydrogen) atoms. The molecule has 3 rings (SSSR count). The van der Waals surface area contributed by atoms with Crippen LogP contribution in [0.2, 0.25) is 0 Å². The molecule has 2 aliphatic rings. The number of rotatable bonds is 4. The zero-order valence-electron chi connectivity index (χ0n) is 14.5. The van der Waals surface area contributed by atoms with Gasteiger partial charge in [-0.2, -0.15) is 0 Å². The molecule has 0 aromatic heterocycles.